The van der Waals surface area contributed by atoms with Crippen LogP contribution in [0, 0.1) is 17.0 Å². The van der Waals surface area contributed by atoms with E-state index in [4.69, 9.17) is 9.47 Å². The predicted octanol–water partition coefficient (Wildman–Crippen LogP) is 4.96. The fourth-order valence-electron chi connectivity index (χ4n) is 2.57. The molecule has 142 valence electrons. The van der Waals surface area contributed by atoms with Crippen LogP contribution in [-0.2, 0) is 0 Å². The first-order valence-electron chi connectivity index (χ1n) is 8.45. The summed E-state index contributed by atoms with van der Waals surface area (Å²) in [7, 11) is 1.56. The van der Waals surface area contributed by atoms with E-state index >= 15 is 0 Å². The molecule has 0 fully saturated rings. The number of para-hydroxylation sites is 1. The first-order valence-corrected chi connectivity index (χ1v) is 8.45. The minimum absolute atomic E-state index is 0.0632. The van der Waals surface area contributed by atoms with E-state index in [9.17, 15) is 14.9 Å². The normalized spacial score (nSPS) is 10.2. The number of carbonyl (C=O) groups is 1. The van der Waals surface area contributed by atoms with Gasteiger partial charge in [-0.25, -0.2) is 0 Å². The predicted molar refractivity (Wildman–Crippen MR) is 105 cm³/mol. The maximum absolute atomic E-state index is 12.8. The zero-order chi connectivity index (χ0) is 20.1. The second kappa shape index (κ2) is 8.22. The molecule has 0 aromatic heterocycles. The second-order valence-electron chi connectivity index (χ2n) is 5.98. The highest BCUT2D eigenvalue weighted by Gasteiger charge is 2.19. The van der Waals surface area contributed by atoms with E-state index in [1.807, 2.05) is 19.1 Å². The number of carbonyl (C=O) groups excluding carboxylic acids is 1. The lowest BCUT2D eigenvalue weighted by Gasteiger charge is -2.13. The molecule has 0 heterocycles. The molecular formula is C21H18N2O5. The largest absolute Gasteiger partial charge is 0.497 e. The monoisotopic (exact) mass is 378 g/mol. The fourth-order valence-corrected chi connectivity index (χ4v) is 2.57. The van der Waals surface area contributed by atoms with Crippen LogP contribution in [-0.4, -0.2) is 17.9 Å². The number of aryl methyl sites for hydroxylation is 1. The molecule has 3 aromatic carbocycles. The molecule has 0 aliphatic rings. The molecule has 28 heavy (non-hydrogen) atoms. The van der Waals surface area contributed by atoms with Gasteiger partial charge in [0.1, 0.15) is 17.2 Å². The van der Waals surface area contributed by atoms with Crippen LogP contribution >= 0.6 is 0 Å². The van der Waals surface area contributed by atoms with E-state index in [1.54, 1.807) is 43.5 Å². The number of amides is 1. The van der Waals surface area contributed by atoms with Gasteiger partial charge in [0.15, 0.2) is 0 Å². The molecular weight excluding hydrogens is 360 g/mol. The average Bonchev–Trinajstić information content (AvgIpc) is 2.70. The summed E-state index contributed by atoms with van der Waals surface area (Å²) in [5.41, 5.74) is 1.36. The van der Waals surface area contributed by atoms with Crippen molar-refractivity contribution in [1.29, 1.82) is 0 Å². The third kappa shape index (κ3) is 4.27. The molecule has 0 aliphatic heterocycles. The number of nitrogens with one attached hydrogen (secondary N) is 1. The summed E-state index contributed by atoms with van der Waals surface area (Å²) in [6.45, 7) is 1.86. The molecule has 0 radical (unpaired) electrons. The number of methoxy groups -OCH3 is 1. The molecule has 7 nitrogen and oxygen atoms in total. The Labute approximate surface area is 161 Å². The van der Waals surface area contributed by atoms with Crippen LogP contribution in [0.2, 0.25) is 0 Å². The van der Waals surface area contributed by atoms with Gasteiger partial charge in [-0.05, 0) is 48.9 Å². The third-order valence-corrected chi connectivity index (χ3v) is 4.10. The van der Waals surface area contributed by atoms with Gasteiger partial charge in [0.25, 0.3) is 11.6 Å². The number of anilines is 1. The van der Waals surface area contributed by atoms with Crippen molar-refractivity contribution < 1.29 is 19.2 Å². The van der Waals surface area contributed by atoms with Gasteiger partial charge in [-0.3, -0.25) is 14.9 Å². The first kappa shape index (κ1) is 18.9. The molecule has 0 unspecified atom stereocenters. The minimum atomic E-state index is -0.554. The van der Waals surface area contributed by atoms with E-state index in [0.29, 0.717) is 17.2 Å². The van der Waals surface area contributed by atoms with E-state index in [1.165, 1.54) is 18.2 Å². The van der Waals surface area contributed by atoms with Crippen molar-refractivity contribution in [1.82, 2.24) is 0 Å². The van der Waals surface area contributed by atoms with Gasteiger partial charge in [-0.2, -0.15) is 0 Å². The smallest absolute Gasteiger partial charge is 0.270 e. The van der Waals surface area contributed by atoms with Gasteiger partial charge in [-0.1, -0.05) is 18.2 Å². The Morgan fingerprint density at radius 3 is 2.32 bits per heavy atom. The van der Waals surface area contributed by atoms with Gasteiger partial charge in [0.2, 0.25) is 0 Å². The maximum atomic E-state index is 12.8. The zero-order valence-corrected chi connectivity index (χ0v) is 15.3. The Bertz CT molecular complexity index is 1020. The highest BCUT2D eigenvalue weighted by Crippen LogP contribution is 2.30. The topological polar surface area (TPSA) is 90.7 Å². The molecule has 3 rings (SSSR count). The van der Waals surface area contributed by atoms with Crippen LogP contribution in [0.1, 0.15) is 15.9 Å². The Balaban J connectivity index is 1.94. The quantitative estimate of drug-likeness (QED) is 0.484. The van der Waals surface area contributed by atoms with Crippen LogP contribution < -0.4 is 14.8 Å². The number of rotatable bonds is 6. The summed E-state index contributed by atoms with van der Waals surface area (Å²) in [6, 6.07) is 18.0. The molecule has 1 amide bonds. The van der Waals surface area contributed by atoms with Gasteiger partial charge >= 0.3 is 0 Å². The molecule has 0 saturated heterocycles. The SMILES string of the molecule is COc1ccc(Oc2ccc([N+](=O)[O-])cc2C(=O)Nc2ccccc2C)cc1. The number of nitro benzene ring substituents is 1. The Morgan fingerprint density at radius 2 is 1.68 bits per heavy atom. The lowest BCUT2D eigenvalue weighted by atomic mass is 10.1. The summed E-state index contributed by atoms with van der Waals surface area (Å²) in [6.07, 6.45) is 0. The van der Waals surface area contributed by atoms with E-state index in [0.717, 1.165) is 5.56 Å². The summed E-state index contributed by atoms with van der Waals surface area (Å²) in [5, 5.41) is 13.9. The van der Waals surface area contributed by atoms with Crippen molar-refractivity contribution in [3.8, 4) is 17.2 Å². The molecule has 0 aliphatic carbocycles. The van der Waals surface area contributed by atoms with Gasteiger partial charge < -0.3 is 14.8 Å². The Kier molecular flexibility index (Phi) is 5.55. The summed E-state index contributed by atoms with van der Waals surface area (Å²) in [5.74, 6) is 0.844. The molecule has 0 bridgehead atoms. The second-order valence-corrected chi connectivity index (χ2v) is 5.98. The number of ether oxygens (including phenoxy) is 2. The standard InChI is InChI=1S/C21H18N2O5/c1-14-5-3-4-6-19(14)22-21(24)18-13-15(23(25)26)7-12-20(18)28-17-10-8-16(27-2)9-11-17/h3-13H,1-2H3,(H,22,24). The Morgan fingerprint density at radius 1 is 1.00 bits per heavy atom. The molecule has 0 atom stereocenters. The molecule has 0 saturated carbocycles. The lowest BCUT2D eigenvalue weighted by Crippen LogP contribution is -2.14. The number of non-ortho nitro benzene ring substituents is 1. The van der Waals surface area contributed by atoms with Gasteiger partial charge in [-0.15, -0.1) is 0 Å². The average molecular weight is 378 g/mol. The van der Waals surface area contributed by atoms with Crippen molar-refractivity contribution in [2.75, 3.05) is 12.4 Å². The summed E-state index contributed by atoms with van der Waals surface area (Å²) >= 11 is 0. The maximum Gasteiger partial charge on any atom is 0.270 e. The zero-order valence-electron chi connectivity index (χ0n) is 15.3. The highest BCUT2D eigenvalue weighted by atomic mass is 16.6. The molecule has 3 aromatic rings. The van der Waals surface area contributed by atoms with Crippen LogP contribution in [0.4, 0.5) is 11.4 Å². The molecule has 0 spiro atoms. The van der Waals surface area contributed by atoms with Crippen LogP contribution in [0.25, 0.3) is 0 Å². The van der Waals surface area contributed by atoms with E-state index in [2.05, 4.69) is 5.32 Å². The third-order valence-electron chi connectivity index (χ3n) is 4.10. The fraction of sp³-hybridized carbons (Fsp3) is 0.0952. The van der Waals surface area contributed by atoms with Crippen LogP contribution in [0.3, 0.4) is 0 Å². The van der Waals surface area contributed by atoms with E-state index in [-0.39, 0.29) is 17.0 Å². The molecule has 1 N–H and O–H groups in total. The van der Waals surface area contributed by atoms with Crippen molar-refractivity contribution in [3.63, 3.8) is 0 Å². The first-order chi connectivity index (χ1) is 13.5. The highest BCUT2D eigenvalue weighted by molar-refractivity contribution is 6.07. The number of nitro groups is 1. The van der Waals surface area contributed by atoms with Crippen LogP contribution in [0.5, 0.6) is 17.2 Å². The summed E-state index contributed by atoms with van der Waals surface area (Å²) in [4.78, 5) is 23.4. The number of hydrogen-bond donors (Lipinski definition) is 1. The summed E-state index contributed by atoms with van der Waals surface area (Å²) < 4.78 is 10.9. The van der Waals surface area contributed by atoms with Gasteiger partial charge in [0.05, 0.1) is 17.6 Å². The lowest BCUT2D eigenvalue weighted by molar-refractivity contribution is -0.384. The van der Waals surface area contributed by atoms with Crippen LogP contribution in [0.15, 0.2) is 66.7 Å². The number of hydrogen-bond acceptors (Lipinski definition) is 5. The van der Waals surface area contributed by atoms with E-state index < -0.39 is 10.8 Å². The number of nitrogens with zero attached hydrogens (tertiary/aromatic N) is 1. The minimum Gasteiger partial charge on any atom is -0.497 e. The molecule has 7 heteroatoms. The van der Waals surface area contributed by atoms with Crippen molar-refractivity contribution in [2.45, 2.75) is 6.92 Å². The number of benzene rings is 3. The Hall–Kier alpha value is -3.87. The van der Waals surface area contributed by atoms with Crippen molar-refractivity contribution >= 4 is 17.3 Å². The van der Waals surface area contributed by atoms with Crippen molar-refractivity contribution in [3.05, 3.63) is 88.0 Å². The van der Waals surface area contributed by atoms with Gasteiger partial charge in [0, 0.05) is 17.8 Å². The van der Waals surface area contributed by atoms with Crippen molar-refractivity contribution in [2.24, 2.45) is 0 Å².